The minimum Gasteiger partial charge on any atom is -0.459 e. The predicted molar refractivity (Wildman–Crippen MR) is 89.0 cm³/mol. The Hall–Kier alpha value is -2.02. The molecule has 0 aliphatic rings. The zero-order chi connectivity index (χ0) is 19.4. The summed E-state index contributed by atoms with van der Waals surface area (Å²) in [5.41, 5.74) is -1.50. The fourth-order valence-electron chi connectivity index (χ4n) is 1.78. The second-order valence-corrected chi connectivity index (χ2v) is 6.76. The highest BCUT2D eigenvalue weighted by molar-refractivity contribution is 6.32. The molecule has 0 N–H and O–H groups in total. The van der Waals surface area contributed by atoms with Crippen LogP contribution in [-0.2, 0) is 20.5 Å². The van der Waals surface area contributed by atoms with Crippen LogP contribution in [0.15, 0.2) is 24.3 Å². The molecule has 0 aliphatic heterocycles. The van der Waals surface area contributed by atoms with E-state index >= 15 is 0 Å². The maximum Gasteiger partial charge on any atom is 0.416 e. The van der Waals surface area contributed by atoms with Gasteiger partial charge in [-0.05, 0) is 50.6 Å². The minimum atomic E-state index is -4.51. The summed E-state index contributed by atoms with van der Waals surface area (Å²) in [5.74, 6) is -1.16. The van der Waals surface area contributed by atoms with E-state index in [1.807, 2.05) is 0 Å². The van der Waals surface area contributed by atoms with Gasteiger partial charge in [0.25, 0.3) is 0 Å². The summed E-state index contributed by atoms with van der Waals surface area (Å²) in [4.78, 5) is 24.7. The number of carbonyl (C=O) groups excluding carboxylic acids is 2. The molecular formula is C17H19ClF3NO3. The number of hydrogen-bond acceptors (Lipinski definition) is 3. The summed E-state index contributed by atoms with van der Waals surface area (Å²) in [6.07, 6.45) is -2.29. The number of halogens is 4. The van der Waals surface area contributed by atoms with Crippen LogP contribution in [0, 0.1) is 0 Å². The monoisotopic (exact) mass is 377 g/mol. The molecule has 0 bridgehead atoms. The molecule has 0 heterocycles. The molecule has 0 aliphatic carbocycles. The highest BCUT2D eigenvalue weighted by atomic mass is 35.5. The molecule has 1 amide bonds. The van der Waals surface area contributed by atoms with Crippen LogP contribution < -0.4 is 0 Å². The van der Waals surface area contributed by atoms with Crippen LogP contribution in [0.1, 0.15) is 31.9 Å². The molecule has 1 aromatic carbocycles. The van der Waals surface area contributed by atoms with Crippen molar-refractivity contribution < 1.29 is 27.5 Å². The number of nitrogens with zero attached hydrogens (tertiary/aromatic N) is 1. The third-order valence-corrected chi connectivity index (χ3v) is 3.24. The van der Waals surface area contributed by atoms with Crippen molar-refractivity contribution >= 4 is 29.6 Å². The van der Waals surface area contributed by atoms with E-state index in [0.717, 1.165) is 29.2 Å². The van der Waals surface area contributed by atoms with Gasteiger partial charge < -0.3 is 9.64 Å². The number of alkyl halides is 3. The number of likely N-dealkylation sites (N-methyl/N-ethyl adjacent to an activating group) is 1. The molecule has 4 nitrogen and oxygen atoms in total. The van der Waals surface area contributed by atoms with Crippen LogP contribution in [0.2, 0.25) is 5.02 Å². The van der Waals surface area contributed by atoms with Gasteiger partial charge in [-0.15, -0.1) is 0 Å². The fourth-order valence-corrected chi connectivity index (χ4v) is 1.96. The second kappa shape index (κ2) is 7.91. The molecule has 0 saturated carbocycles. The van der Waals surface area contributed by atoms with Crippen molar-refractivity contribution in [2.24, 2.45) is 0 Å². The molecule has 1 rings (SSSR count). The lowest BCUT2D eigenvalue weighted by Crippen LogP contribution is -2.35. The van der Waals surface area contributed by atoms with Gasteiger partial charge in [0.2, 0.25) is 5.91 Å². The Morgan fingerprint density at radius 3 is 2.36 bits per heavy atom. The Labute approximate surface area is 149 Å². The van der Waals surface area contributed by atoms with Crippen molar-refractivity contribution in [2.75, 3.05) is 13.6 Å². The lowest BCUT2D eigenvalue weighted by Gasteiger charge is -2.22. The largest absolute Gasteiger partial charge is 0.459 e. The highest BCUT2D eigenvalue weighted by Crippen LogP contribution is 2.32. The Balaban J connectivity index is 2.81. The number of ether oxygens (including phenoxy) is 1. The van der Waals surface area contributed by atoms with E-state index in [2.05, 4.69) is 0 Å². The van der Waals surface area contributed by atoms with Crippen LogP contribution in [0.3, 0.4) is 0 Å². The second-order valence-electron chi connectivity index (χ2n) is 6.35. The average molecular weight is 378 g/mol. The molecule has 1 aromatic rings. The Bertz CT molecular complexity index is 679. The number of amides is 1. The van der Waals surface area contributed by atoms with E-state index in [-0.39, 0.29) is 17.1 Å². The standard InChI is InChI=1S/C17H19ClF3NO3/c1-16(2,3)25-15(24)10-22(4)14(23)8-5-11-9-12(17(19,20)21)6-7-13(11)18/h5-9H,10H2,1-4H3/b8-5-. The van der Waals surface area contributed by atoms with Crippen molar-refractivity contribution in [1.82, 2.24) is 4.90 Å². The number of esters is 1. The highest BCUT2D eigenvalue weighted by Gasteiger charge is 2.30. The number of carbonyl (C=O) groups is 2. The molecule has 8 heteroatoms. The third kappa shape index (κ3) is 7.17. The minimum absolute atomic E-state index is 0.0514. The topological polar surface area (TPSA) is 46.6 Å². The van der Waals surface area contributed by atoms with Crippen LogP contribution in [0.5, 0.6) is 0 Å². The number of benzene rings is 1. The zero-order valence-electron chi connectivity index (χ0n) is 14.3. The van der Waals surface area contributed by atoms with E-state index in [1.165, 1.54) is 13.1 Å². The molecule has 0 saturated heterocycles. The average Bonchev–Trinajstić information content (AvgIpc) is 2.42. The van der Waals surface area contributed by atoms with Gasteiger partial charge in [-0.1, -0.05) is 11.6 Å². The first-order chi connectivity index (χ1) is 11.3. The normalized spacial score (nSPS) is 12.3. The van der Waals surface area contributed by atoms with Gasteiger partial charge in [0.05, 0.1) is 5.56 Å². The van der Waals surface area contributed by atoms with E-state index in [4.69, 9.17) is 16.3 Å². The summed E-state index contributed by atoms with van der Waals surface area (Å²) in [6.45, 7) is 4.81. The summed E-state index contributed by atoms with van der Waals surface area (Å²) in [7, 11) is 1.38. The first kappa shape index (κ1) is 21.0. The maximum atomic E-state index is 12.7. The first-order valence-electron chi connectivity index (χ1n) is 7.31. The molecule has 25 heavy (non-hydrogen) atoms. The van der Waals surface area contributed by atoms with Crippen molar-refractivity contribution in [3.8, 4) is 0 Å². The van der Waals surface area contributed by atoms with Crippen molar-refractivity contribution in [3.05, 3.63) is 40.4 Å². The maximum absolute atomic E-state index is 12.7. The summed E-state index contributed by atoms with van der Waals surface area (Å²) in [6, 6.07) is 2.81. The van der Waals surface area contributed by atoms with Gasteiger partial charge in [0, 0.05) is 18.1 Å². The molecule has 0 aromatic heterocycles. The van der Waals surface area contributed by atoms with E-state index in [9.17, 15) is 22.8 Å². The molecule has 0 spiro atoms. The quantitative estimate of drug-likeness (QED) is 0.584. The Morgan fingerprint density at radius 2 is 1.84 bits per heavy atom. The fraction of sp³-hybridized carbons (Fsp3) is 0.412. The lowest BCUT2D eigenvalue weighted by atomic mass is 10.1. The third-order valence-electron chi connectivity index (χ3n) is 2.89. The van der Waals surface area contributed by atoms with Crippen molar-refractivity contribution in [2.45, 2.75) is 32.5 Å². The molecule has 0 atom stereocenters. The smallest absolute Gasteiger partial charge is 0.416 e. The Kier molecular flexibility index (Phi) is 6.65. The van der Waals surface area contributed by atoms with E-state index in [1.54, 1.807) is 20.8 Å². The molecule has 0 radical (unpaired) electrons. The van der Waals surface area contributed by atoms with Gasteiger partial charge in [0.1, 0.15) is 12.1 Å². The van der Waals surface area contributed by atoms with Crippen LogP contribution in [-0.4, -0.2) is 36.0 Å². The summed E-state index contributed by atoms with van der Waals surface area (Å²) in [5, 5.41) is 0.0758. The van der Waals surface area contributed by atoms with Crippen molar-refractivity contribution in [3.63, 3.8) is 0 Å². The molecular weight excluding hydrogens is 359 g/mol. The first-order valence-corrected chi connectivity index (χ1v) is 7.69. The summed E-state index contributed by atoms with van der Waals surface area (Å²) >= 11 is 5.85. The van der Waals surface area contributed by atoms with Gasteiger partial charge in [-0.3, -0.25) is 9.59 Å². The van der Waals surface area contributed by atoms with Crippen LogP contribution >= 0.6 is 11.6 Å². The SMILES string of the molecule is CN(CC(=O)OC(C)(C)C)C(=O)/C=C\c1cc(C(F)(F)F)ccc1Cl. The number of hydrogen-bond donors (Lipinski definition) is 0. The molecule has 0 fully saturated rings. The summed E-state index contributed by atoms with van der Waals surface area (Å²) < 4.78 is 43.2. The van der Waals surface area contributed by atoms with Gasteiger partial charge in [-0.25, -0.2) is 0 Å². The van der Waals surface area contributed by atoms with Gasteiger partial charge in [-0.2, -0.15) is 13.2 Å². The lowest BCUT2D eigenvalue weighted by molar-refractivity contribution is -0.157. The zero-order valence-corrected chi connectivity index (χ0v) is 15.0. The van der Waals surface area contributed by atoms with Gasteiger partial charge in [0.15, 0.2) is 0 Å². The van der Waals surface area contributed by atoms with E-state index in [0.29, 0.717) is 0 Å². The Morgan fingerprint density at radius 1 is 1.24 bits per heavy atom. The molecule has 138 valence electrons. The van der Waals surface area contributed by atoms with E-state index < -0.39 is 29.2 Å². The van der Waals surface area contributed by atoms with Crippen LogP contribution in [0.4, 0.5) is 13.2 Å². The van der Waals surface area contributed by atoms with Crippen molar-refractivity contribution in [1.29, 1.82) is 0 Å². The van der Waals surface area contributed by atoms with Crippen LogP contribution in [0.25, 0.3) is 6.08 Å². The molecule has 0 unspecified atom stereocenters. The van der Waals surface area contributed by atoms with Gasteiger partial charge >= 0.3 is 12.1 Å². The number of rotatable bonds is 4. The predicted octanol–water partition coefficient (Wildman–Crippen LogP) is 4.17.